The van der Waals surface area contributed by atoms with Crippen LogP contribution in [0.15, 0.2) is 30.5 Å². The van der Waals surface area contributed by atoms with E-state index in [1.165, 1.54) is 0 Å². The molecular weight excluding hydrogens is 204 g/mol. The number of hydrogen-bond donors (Lipinski definition) is 3. The second kappa shape index (κ2) is 4.06. The van der Waals surface area contributed by atoms with Gasteiger partial charge in [0.25, 0.3) is 0 Å². The molecule has 5 N–H and O–H groups in total. The zero-order valence-electron chi connectivity index (χ0n) is 8.60. The minimum atomic E-state index is -0.430. The number of fused-ring (bicyclic) bond motifs is 1. The molecule has 0 fully saturated rings. The minimum Gasteiger partial charge on any atom is -0.396 e. The van der Waals surface area contributed by atoms with Crippen molar-refractivity contribution in [3.8, 4) is 0 Å². The van der Waals surface area contributed by atoms with E-state index in [-0.39, 0.29) is 6.54 Å². The molecule has 0 aliphatic rings. The highest BCUT2D eigenvalue weighted by atomic mass is 16.1. The Balaban J connectivity index is 2.48. The SMILES string of the molecule is NC(=O)CNc1c(N)cnc2ccccc12. The molecule has 0 bridgehead atoms. The number of pyridine rings is 1. The number of anilines is 2. The highest BCUT2D eigenvalue weighted by molar-refractivity contribution is 5.98. The van der Waals surface area contributed by atoms with Crippen LogP contribution in [0, 0.1) is 0 Å². The third-order valence-electron chi connectivity index (χ3n) is 2.24. The largest absolute Gasteiger partial charge is 0.396 e. The fourth-order valence-electron chi connectivity index (χ4n) is 1.53. The summed E-state index contributed by atoms with van der Waals surface area (Å²) in [6, 6.07) is 7.55. The summed E-state index contributed by atoms with van der Waals surface area (Å²) in [4.78, 5) is 14.9. The van der Waals surface area contributed by atoms with Crippen LogP contribution in [0.4, 0.5) is 11.4 Å². The molecule has 0 aliphatic carbocycles. The van der Waals surface area contributed by atoms with Gasteiger partial charge in [-0.1, -0.05) is 18.2 Å². The van der Waals surface area contributed by atoms with Crippen molar-refractivity contribution >= 4 is 28.2 Å². The van der Waals surface area contributed by atoms with E-state index in [0.29, 0.717) is 11.4 Å². The molecule has 0 spiro atoms. The summed E-state index contributed by atoms with van der Waals surface area (Å²) in [5.41, 5.74) is 12.9. The van der Waals surface area contributed by atoms with Crippen molar-refractivity contribution in [3.05, 3.63) is 30.5 Å². The molecule has 0 radical (unpaired) electrons. The first-order valence-corrected chi connectivity index (χ1v) is 4.84. The predicted octanol–water partition coefficient (Wildman–Crippen LogP) is 0.714. The zero-order valence-corrected chi connectivity index (χ0v) is 8.60. The second-order valence-corrected chi connectivity index (χ2v) is 3.43. The first-order valence-electron chi connectivity index (χ1n) is 4.84. The average Bonchev–Trinajstić information content (AvgIpc) is 2.27. The van der Waals surface area contributed by atoms with Crippen LogP contribution in [0.1, 0.15) is 0 Å². The Morgan fingerprint density at radius 2 is 2.12 bits per heavy atom. The molecule has 0 saturated heterocycles. The number of carbonyl (C=O) groups is 1. The van der Waals surface area contributed by atoms with Gasteiger partial charge in [0.1, 0.15) is 0 Å². The van der Waals surface area contributed by atoms with Crippen molar-refractivity contribution in [3.63, 3.8) is 0 Å². The molecule has 0 unspecified atom stereocenters. The number of primary amides is 1. The van der Waals surface area contributed by atoms with Crippen molar-refractivity contribution in [1.29, 1.82) is 0 Å². The number of amides is 1. The first-order chi connectivity index (χ1) is 7.68. The summed E-state index contributed by atoms with van der Waals surface area (Å²) in [5, 5.41) is 3.79. The van der Waals surface area contributed by atoms with Crippen LogP contribution in [0.25, 0.3) is 10.9 Å². The van der Waals surface area contributed by atoms with Gasteiger partial charge in [0.05, 0.1) is 29.6 Å². The number of nitrogen functional groups attached to an aromatic ring is 1. The summed E-state index contributed by atoms with van der Waals surface area (Å²) in [6.07, 6.45) is 1.56. The van der Waals surface area contributed by atoms with Gasteiger partial charge >= 0.3 is 0 Å². The molecule has 1 aromatic heterocycles. The molecule has 0 aliphatic heterocycles. The standard InChI is InChI=1S/C11H12N4O/c12-8-5-14-9-4-2-1-3-7(9)11(8)15-6-10(13)16/h1-5H,6,12H2,(H2,13,16)(H,14,15). The number of carbonyl (C=O) groups excluding carboxylic acids is 1. The van der Waals surface area contributed by atoms with Crippen LogP contribution >= 0.6 is 0 Å². The number of nitrogens with two attached hydrogens (primary N) is 2. The maximum Gasteiger partial charge on any atom is 0.236 e. The van der Waals surface area contributed by atoms with E-state index in [0.717, 1.165) is 10.9 Å². The zero-order chi connectivity index (χ0) is 11.5. The minimum absolute atomic E-state index is 0.0538. The lowest BCUT2D eigenvalue weighted by Crippen LogP contribution is -2.22. The van der Waals surface area contributed by atoms with Gasteiger partial charge in [-0.25, -0.2) is 0 Å². The van der Waals surface area contributed by atoms with E-state index < -0.39 is 5.91 Å². The van der Waals surface area contributed by atoms with Crippen molar-refractivity contribution in [2.75, 3.05) is 17.6 Å². The quantitative estimate of drug-likeness (QED) is 0.704. The Morgan fingerprint density at radius 3 is 2.88 bits per heavy atom. The molecule has 5 heteroatoms. The van der Waals surface area contributed by atoms with Crippen LogP contribution in [-0.2, 0) is 4.79 Å². The second-order valence-electron chi connectivity index (χ2n) is 3.43. The fraction of sp³-hybridized carbons (Fsp3) is 0.0909. The van der Waals surface area contributed by atoms with Crippen molar-refractivity contribution in [1.82, 2.24) is 4.98 Å². The number of benzene rings is 1. The molecule has 0 atom stereocenters. The molecule has 1 aromatic carbocycles. The highest BCUT2D eigenvalue weighted by Crippen LogP contribution is 2.26. The first kappa shape index (κ1) is 10.2. The Kier molecular flexibility index (Phi) is 2.59. The normalized spacial score (nSPS) is 10.2. The third-order valence-corrected chi connectivity index (χ3v) is 2.24. The van der Waals surface area contributed by atoms with Crippen LogP contribution < -0.4 is 16.8 Å². The number of nitrogens with zero attached hydrogens (tertiary/aromatic N) is 1. The Morgan fingerprint density at radius 1 is 1.38 bits per heavy atom. The number of nitrogens with one attached hydrogen (secondary N) is 1. The van der Waals surface area contributed by atoms with Gasteiger partial charge in [-0.3, -0.25) is 9.78 Å². The van der Waals surface area contributed by atoms with Crippen LogP contribution in [0.2, 0.25) is 0 Å². The number of aromatic nitrogens is 1. The molecule has 82 valence electrons. The predicted molar refractivity (Wildman–Crippen MR) is 63.8 cm³/mol. The van der Waals surface area contributed by atoms with Crippen LogP contribution in [0.5, 0.6) is 0 Å². The van der Waals surface area contributed by atoms with E-state index in [9.17, 15) is 4.79 Å². The summed E-state index contributed by atoms with van der Waals surface area (Å²) >= 11 is 0. The van der Waals surface area contributed by atoms with Crippen LogP contribution in [-0.4, -0.2) is 17.4 Å². The molecule has 5 nitrogen and oxygen atoms in total. The van der Waals surface area contributed by atoms with Crippen LogP contribution in [0.3, 0.4) is 0 Å². The van der Waals surface area contributed by atoms with Crippen molar-refractivity contribution in [2.24, 2.45) is 5.73 Å². The molecule has 1 amide bonds. The van der Waals surface area contributed by atoms with Gasteiger partial charge in [-0.2, -0.15) is 0 Å². The van der Waals surface area contributed by atoms with E-state index in [1.54, 1.807) is 6.20 Å². The molecule has 1 heterocycles. The highest BCUT2D eigenvalue weighted by Gasteiger charge is 2.06. The van der Waals surface area contributed by atoms with E-state index in [2.05, 4.69) is 10.3 Å². The number of para-hydroxylation sites is 1. The Bertz CT molecular complexity index is 538. The molecule has 16 heavy (non-hydrogen) atoms. The van der Waals surface area contributed by atoms with Crippen molar-refractivity contribution < 1.29 is 4.79 Å². The van der Waals surface area contributed by atoms with Gasteiger partial charge < -0.3 is 16.8 Å². The lowest BCUT2D eigenvalue weighted by molar-refractivity contribution is -0.116. The number of hydrogen-bond acceptors (Lipinski definition) is 4. The van der Waals surface area contributed by atoms with E-state index in [4.69, 9.17) is 11.5 Å². The van der Waals surface area contributed by atoms with Gasteiger partial charge in [0.15, 0.2) is 0 Å². The van der Waals surface area contributed by atoms with Gasteiger partial charge in [-0.05, 0) is 6.07 Å². The average molecular weight is 216 g/mol. The lowest BCUT2D eigenvalue weighted by atomic mass is 10.1. The molecule has 2 rings (SSSR count). The maximum atomic E-state index is 10.7. The van der Waals surface area contributed by atoms with Gasteiger partial charge in [-0.15, -0.1) is 0 Å². The Hall–Kier alpha value is -2.30. The lowest BCUT2D eigenvalue weighted by Gasteiger charge is -2.10. The maximum absolute atomic E-state index is 10.7. The van der Waals surface area contributed by atoms with Gasteiger partial charge in [0.2, 0.25) is 5.91 Å². The molecular formula is C11H12N4O. The number of rotatable bonds is 3. The Labute approximate surface area is 92.5 Å². The summed E-state index contributed by atoms with van der Waals surface area (Å²) in [6.45, 7) is 0.0538. The van der Waals surface area contributed by atoms with E-state index in [1.807, 2.05) is 24.3 Å². The summed E-state index contributed by atoms with van der Waals surface area (Å²) in [7, 11) is 0. The monoisotopic (exact) mass is 216 g/mol. The summed E-state index contributed by atoms with van der Waals surface area (Å²) < 4.78 is 0. The van der Waals surface area contributed by atoms with E-state index >= 15 is 0 Å². The summed E-state index contributed by atoms with van der Waals surface area (Å²) in [5.74, 6) is -0.430. The molecule has 0 saturated carbocycles. The topological polar surface area (TPSA) is 94.0 Å². The van der Waals surface area contributed by atoms with Crippen molar-refractivity contribution in [2.45, 2.75) is 0 Å². The third kappa shape index (κ3) is 1.88. The fourth-order valence-corrected chi connectivity index (χ4v) is 1.53. The molecule has 2 aromatic rings. The van der Waals surface area contributed by atoms with Gasteiger partial charge in [0, 0.05) is 5.39 Å². The smallest absolute Gasteiger partial charge is 0.236 e.